The molecule has 0 radical (unpaired) electrons. The van der Waals surface area contributed by atoms with Crippen molar-refractivity contribution in [2.45, 2.75) is 146 Å². The molecule has 0 bridgehead atoms. The van der Waals surface area contributed by atoms with Crippen LogP contribution in [0.25, 0.3) is 0 Å². The molecule has 3 heterocycles. The zero-order valence-corrected chi connectivity index (χ0v) is 31.5. The fourth-order valence-corrected chi connectivity index (χ4v) is 4.26. The molecule has 3 rings (SSSR count). The highest BCUT2D eigenvalue weighted by Crippen LogP contribution is 2.34. The Morgan fingerprint density at radius 3 is 1.71 bits per heavy atom. The van der Waals surface area contributed by atoms with Crippen LogP contribution in [-0.2, 0) is 19.0 Å². The van der Waals surface area contributed by atoms with Gasteiger partial charge in [0.05, 0.1) is 19.3 Å². The van der Waals surface area contributed by atoms with Gasteiger partial charge in [0.1, 0.15) is 40.5 Å². The van der Waals surface area contributed by atoms with Crippen molar-refractivity contribution in [1.82, 2.24) is 14.8 Å². The van der Waals surface area contributed by atoms with Gasteiger partial charge >= 0.3 is 12.2 Å². The molecule has 11 nitrogen and oxygen atoms in total. The molecule has 1 aromatic heterocycles. The highest BCUT2D eigenvalue weighted by Gasteiger charge is 2.48. The van der Waals surface area contributed by atoms with Crippen LogP contribution >= 0.6 is 11.3 Å². The number of aliphatic hydroxyl groups is 1. The summed E-state index contributed by atoms with van der Waals surface area (Å²) in [6, 6.07) is -1.18. The van der Waals surface area contributed by atoms with Crippen molar-refractivity contribution in [2.75, 3.05) is 13.2 Å². The van der Waals surface area contributed by atoms with Crippen LogP contribution in [0.2, 0.25) is 0 Å². The van der Waals surface area contributed by atoms with E-state index in [9.17, 15) is 24.6 Å². The normalized spacial score (nSPS) is 20.4. The number of carbonyl (C=O) groups excluding carboxylic acids is 2. The molecule has 2 aliphatic heterocycles. The molecule has 2 N–H and O–H groups in total. The number of carbonyl (C=O) groups is 3. The lowest BCUT2D eigenvalue weighted by Crippen LogP contribution is -2.50. The van der Waals surface area contributed by atoms with Gasteiger partial charge in [-0.05, 0) is 66.2 Å². The summed E-state index contributed by atoms with van der Waals surface area (Å²) in [5, 5.41) is 21.6. The third kappa shape index (κ3) is 18.5. The summed E-state index contributed by atoms with van der Waals surface area (Å²) < 4.78 is 16.0. The molecule has 0 aliphatic carbocycles. The van der Waals surface area contributed by atoms with Crippen molar-refractivity contribution < 1.29 is 38.8 Å². The van der Waals surface area contributed by atoms with E-state index in [-0.39, 0.29) is 13.2 Å². The molecule has 0 unspecified atom stereocenters. The molecule has 2 fully saturated rings. The molecule has 2 saturated heterocycles. The van der Waals surface area contributed by atoms with E-state index >= 15 is 0 Å². The summed E-state index contributed by atoms with van der Waals surface area (Å²) >= 11 is 1.30. The van der Waals surface area contributed by atoms with Gasteiger partial charge in [-0.25, -0.2) is 14.6 Å². The number of amides is 2. The summed E-state index contributed by atoms with van der Waals surface area (Å²) in [6.07, 6.45) is -0.290. The number of nitrogens with zero attached hydrogens (tertiary/aromatic N) is 3. The van der Waals surface area contributed by atoms with Crippen LogP contribution in [0.5, 0.6) is 0 Å². The van der Waals surface area contributed by atoms with Crippen LogP contribution in [0.15, 0.2) is 11.6 Å². The Labute approximate surface area is 276 Å². The van der Waals surface area contributed by atoms with Crippen LogP contribution < -0.4 is 0 Å². The van der Waals surface area contributed by atoms with Crippen LogP contribution in [0, 0.1) is 17.8 Å². The molecule has 0 spiro atoms. The summed E-state index contributed by atoms with van der Waals surface area (Å²) in [4.78, 5) is 40.4. The molecule has 45 heavy (non-hydrogen) atoms. The number of aliphatic hydroxyl groups excluding tert-OH is 1. The van der Waals surface area contributed by atoms with Gasteiger partial charge in [-0.15, -0.1) is 11.3 Å². The highest BCUT2D eigenvalue weighted by molar-refractivity contribution is 7.09. The van der Waals surface area contributed by atoms with E-state index in [1.165, 1.54) is 16.2 Å². The SMILES string of the molecule is CC(C)(C)OC(=O)N1[C@H](C=O)COC1(C)C.CC(C)C.CC(C)C.CC(C)C.CC1(C)OC[C@@H]([C@H](O)c2nccs2)N1C(=O)O. The molecule has 264 valence electrons. The first-order chi connectivity index (χ1) is 20.3. The Balaban J connectivity index is 0. The lowest BCUT2D eigenvalue weighted by molar-refractivity contribution is -0.113. The minimum Gasteiger partial charge on any atom is -0.465 e. The maximum Gasteiger partial charge on any atom is 0.413 e. The van der Waals surface area contributed by atoms with E-state index in [0.29, 0.717) is 11.3 Å². The van der Waals surface area contributed by atoms with E-state index in [0.717, 1.165) is 22.7 Å². The zero-order valence-electron chi connectivity index (χ0n) is 30.7. The number of aldehydes is 1. The number of rotatable bonds is 3. The Morgan fingerprint density at radius 2 is 1.36 bits per heavy atom. The van der Waals surface area contributed by atoms with Gasteiger partial charge < -0.3 is 29.2 Å². The van der Waals surface area contributed by atoms with E-state index in [2.05, 4.69) is 67.3 Å². The smallest absolute Gasteiger partial charge is 0.413 e. The minimum atomic E-state index is -1.10. The van der Waals surface area contributed by atoms with Crippen molar-refractivity contribution in [3.8, 4) is 0 Å². The second-order valence-corrected chi connectivity index (χ2v) is 15.7. The summed E-state index contributed by atoms with van der Waals surface area (Å²) in [6.45, 7) is 32.0. The van der Waals surface area contributed by atoms with Crippen molar-refractivity contribution in [1.29, 1.82) is 0 Å². The largest absolute Gasteiger partial charge is 0.465 e. The third-order valence-electron chi connectivity index (χ3n) is 5.06. The standard InChI is InChI=1S/C11H19NO4.C10H14N2O4S.3C4H10/c1-10(2,3)16-9(14)12-8(6-13)7-15-11(12,4)5;1-10(2)12(9(14)15)6(5-16-10)7(13)8-11-3-4-17-8;3*1-4(2)3/h6,8H,7H2,1-5H3;3-4,6-7,13H,5H2,1-2H3,(H,14,15);3*4H,1-3H3/t8-;6-,7-;;;/m10.../s1. The van der Waals surface area contributed by atoms with Crippen LogP contribution in [0.3, 0.4) is 0 Å². The zero-order chi connectivity index (χ0) is 35.9. The minimum absolute atomic E-state index is 0.167. The van der Waals surface area contributed by atoms with Crippen molar-refractivity contribution >= 4 is 29.8 Å². The van der Waals surface area contributed by atoms with E-state index in [1.807, 2.05) is 0 Å². The van der Waals surface area contributed by atoms with Gasteiger partial charge in [0.25, 0.3) is 0 Å². The van der Waals surface area contributed by atoms with Gasteiger partial charge in [0.2, 0.25) is 0 Å². The molecular weight excluding hydrogens is 598 g/mol. The monoisotopic (exact) mass is 661 g/mol. The van der Waals surface area contributed by atoms with Crippen molar-refractivity contribution in [3.63, 3.8) is 0 Å². The Morgan fingerprint density at radius 1 is 0.933 bits per heavy atom. The average Bonchev–Trinajstić information content (AvgIpc) is 3.53. The van der Waals surface area contributed by atoms with Crippen molar-refractivity contribution in [3.05, 3.63) is 16.6 Å². The maximum absolute atomic E-state index is 11.9. The first kappa shape index (κ1) is 44.8. The van der Waals surface area contributed by atoms with Gasteiger partial charge in [-0.3, -0.25) is 9.80 Å². The fourth-order valence-electron chi connectivity index (χ4n) is 3.58. The molecule has 1 aromatic rings. The maximum atomic E-state index is 11.9. The number of hydrogen-bond donors (Lipinski definition) is 2. The van der Waals surface area contributed by atoms with E-state index < -0.39 is 47.4 Å². The van der Waals surface area contributed by atoms with Gasteiger partial charge in [-0.1, -0.05) is 62.3 Å². The molecule has 3 atom stereocenters. The Bertz CT molecular complexity index is 953. The van der Waals surface area contributed by atoms with E-state index in [4.69, 9.17) is 14.2 Å². The second kappa shape index (κ2) is 20.1. The first-order valence-electron chi connectivity index (χ1n) is 15.7. The lowest BCUT2D eigenvalue weighted by Gasteiger charge is -2.33. The third-order valence-corrected chi connectivity index (χ3v) is 5.91. The average molecular weight is 662 g/mol. The van der Waals surface area contributed by atoms with Crippen molar-refractivity contribution in [2.24, 2.45) is 17.8 Å². The summed E-state index contributed by atoms with van der Waals surface area (Å²) in [7, 11) is 0. The predicted octanol–water partition coefficient (Wildman–Crippen LogP) is 7.84. The van der Waals surface area contributed by atoms with Crippen LogP contribution in [0.1, 0.15) is 122 Å². The Hall–Kier alpha value is -2.28. The first-order valence-corrected chi connectivity index (χ1v) is 16.5. The Kier molecular flexibility index (Phi) is 20.0. The number of hydrogen-bond acceptors (Lipinski definition) is 9. The summed E-state index contributed by atoms with van der Waals surface area (Å²) in [5.74, 6) is 2.50. The van der Waals surface area contributed by atoms with Gasteiger partial charge in [0, 0.05) is 11.6 Å². The number of thiazole rings is 1. The number of carboxylic acid groups (broad SMARTS) is 1. The molecule has 0 saturated carbocycles. The topological polar surface area (TPSA) is 139 Å². The second-order valence-electron chi connectivity index (χ2n) is 14.8. The molecule has 2 amide bonds. The number of aromatic nitrogens is 1. The summed E-state index contributed by atoms with van der Waals surface area (Å²) in [5.41, 5.74) is -2.30. The van der Waals surface area contributed by atoms with Gasteiger partial charge in [0.15, 0.2) is 0 Å². The van der Waals surface area contributed by atoms with Crippen LogP contribution in [0.4, 0.5) is 9.59 Å². The highest BCUT2D eigenvalue weighted by atomic mass is 32.1. The van der Waals surface area contributed by atoms with Crippen LogP contribution in [-0.4, -0.2) is 85.8 Å². The molecular formula is C33H63N3O8S. The number of ether oxygens (including phenoxy) is 3. The molecule has 2 aliphatic rings. The van der Waals surface area contributed by atoms with Gasteiger partial charge in [-0.2, -0.15) is 0 Å². The fraction of sp³-hybridized carbons (Fsp3) is 0.818. The lowest BCUT2D eigenvalue weighted by atomic mass is 10.1. The van der Waals surface area contributed by atoms with E-state index in [1.54, 1.807) is 60.0 Å². The molecule has 12 heteroatoms. The predicted molar refractivity (Wildman–Crippen MR) is 180 cm³/mol. The quantitative estimate of drug-likeness (QED) is 0.310. The molecule has 0 aromatic carbocycles.